The molecule has 0 spiro atoms. The zero-order chi connectivity index (χ0) is 52.4. The minimum Gasteiger partial charge on any atom is -0.310 e. The predicted molar refractivity (Wildman–Crippen MR) is 307 cm³/mol. The minimum atomic E-state index is -1.46. The number of rotatable bonds is 11. The summed E-state index contributed by atoms with van der Waals surface area (Å²) in [5.74, 6) is -2.71. The van der Waals surface area contributed by atoms with Gasteiger partial charge in [-0.1, -0.05) is 207 Å². The van der Waals surface area contributed by atoms with E-state index in [1.54, 1.807) is 12.2 Å². The maximum absolute atomic E-state index is 17.1. The van der Waals surface area contributed by atoms with Gasteiger partial charge in [0.05, 0.1) is 10.8 Å². The van der Waals surface area contributed by atoms with Crippen LogP contribution in [0, 0.1) is 23.3 Å². The molecule has 2 aliphatic carbocycles. The average molecular weight is 1000 g/mol. The summed E-state index contributed by atoms with van der Waals surface area (Å²) in [4.78, 5) is 2.14. The van der Waals surface area contributed by atoms with E-state index in [4.69, 9.17) is 0 Å². The van der Waals surface area contributed by atoms with Crippen LogP contribution in [0.4, 0.5) is 34.6 Å². The van der Waals surface area contributed by atoms with Gasteiger partial charge < -0.3 is 4.90 Å². The smallest absolute Gasteiger partial charge is 0.130 e. The van der Waals surface area contributed by atoms with Crippen LogP contribution in [0.5, 0.6) is 0 Å². The van der Waals surface area contributed by atoms with E-state index in [2.05, 4.69) is 78.7 Å². The average Bonchev–Trinajstić information content (AvgIpc) is 3.94. The van der Waals surface area contributed by atoms with E-state index in [1.165, 1.54) is 36.4 Å². The van der Waals surface area contributed by atoms with Crippen LogP contribution in [0.15, 0.2) is 262 Å². The summed E-state index contributed by atoms with van der Waals surface area (Å²) in [6.07, 6.45) is 3.50. The van der Waals surface area contributed by atoms with Gasteiger partial charge in [0, 0.05) is 28.2 Å². The molecule has 0 fully saturated rings. The van der Waals surface area contributed by atoms with Gasteiger partial charge in [0.25, 0.3) is 0 Å². The molecular formula is C72H47F4N. The Morgan fingerprint density at radius 2 is 0.662 bits per heavy atom. The van der Waals surface area contributed by atoms with Crippen LogP contribution >= 0.6 is 0 Å². The minimum absolute atomic E-state index is 0.0870. The van der Waals surface area contributed by atoms with Crippen LogP contribution in [-0.4, -0.2) is 0 Å². The van der Waals surface area contributed by atoms with Gasteiger partial charge in [0.1, 0.15) is 23.3 Å². The van der Waals surface area contributed by atoms with Crippen molar-refractivity contribution in [2.24, 2.45) is 0 Å². The molecule has 11 aromatic carbocycles. The summed E-state index contributed by atoms with van der Waals surface area (Å²) in [6.45, 7) is 7.98. The summed E-state index contributed by atoms with van der Waals surface area (Å²) in [7, 11) is 0. The van der Waals surface area contributed by atoms with Gasteiger partial charge in [0.2, 0.25) is 0 Å². The fourth-order valence-corrected chi connectivity index (χ4v) is 12.5. The van der Waals surface area contributed by atoms with E-state index in [9.17, 15) is 0 Å². The molecule has 0 saturated carbocycles. The number of fused-ring (bicyclic) bond motifs is 6. The fraction of sp³-hybridized carbons (Fsp3) is 0.0278. The Morgan fingerprint density at radius 3 is 1.13 bits per heavy atom. The third-order valence-corrected chi connectivity index (χ3v) is 15.8. The normalized spacial score (nSPS) is 15.7. The SMILES string of the molecule is C=Cc1ccc(C2(c3c(F)cccc3F)c3ccccc3-c3ccc(N(c4cccc(-c5cccc(-c6ccccc6)c5)c4)c4ccc5c(c4)C(c4ccc(C=C)cc4)(c4c(F)cccc4F)c4ccccc4-5)cc32)cc1. The molecule has 2 aliphatic rings. The van der Waals surface area contributed by atoms with Crippen molar-refractivity contribution < 1.29 is 17.6 Å². The Hall–Kier alpha value is -9.58. The van der Waals surface area contributed by atoms with Crippen molar-refractivity contribution >= 4 is 29.2 Å². The van der Waals surface area contributed by atoms with Crippen molar-refractivity contribution in [3.8, 4) is 44.5 Å². The molecule has 5 heteroatoms. The molecule has 0 bridgehead atoms. The molecule has 1 nitrogen and oxygen atoms in total. The lowest BCUT2D eigenvalue weighted by atomic mass is 9.67. The van der Waals surface area contributed by atoms with Gasteiger partial charge in [-0.05, 0) is 156 Å². The number of benzene rings is 11. The van der Waals surface area contributed by atoms with Crippen molar-refractivity contribution in [3.63, 3.8) is 0 Å². The van der Waals surface area contributed by atoms with E-state index >= 15 is 17.6 Å². The van der Waals surface area contributed by atoms with E-state index in [0.29, 0.717) is 33.6 Å². The summed E-state index contributed by atoms with van der Waals surface area (Å²) < 4.78 is 68.3. The Bertz CT molecular complexity index is 3900. The molecule has 0 aliphatic heterocycles. The maximum Gasteiger partial charge on any atom is 0.130 e. The second kappa shape index (κ2) is 18.7. The molecule has 2 unspecified atom stereocenters. The molecule has 2 atom stereocenters. The second-order valence-corrected chi connectivity index (χ2v) is 19.7. The highest BCUT2D eigenvalue weighted by atomic mass is 19.1. The molecule has 77 heavy (non-hydrogen) atoms. The zero-order valence-electron chi connectivity index (χ0n) is 41.7. The second-order valence-electron chi connectivity index (χ2n) is 19.7. The molecule has 0 radical (unpaired) electrons. The molecular weight excluding hydrogens is 955 g/mol. The topological polar surface area (TPSA) is 3.24 Å². The standard InChI is InChI=1S/C72H47F4N/c1-3-46-30-34-52(35-31-46)71(69-65(73)26-14-27-66(69)74)61-24-10-8-22-57(61)59-40-38-55(44-63(59)71)77(54-21-13-20-51(43-54)50-19-12-18-49(42-50)48-16-6-5-7-17-48)56-39-41-60-58-23-9-11-25-62(58)72(64(60)45-56,53-36-32-47(4-2)33-37-53)70-67(75)28-15-29-68(70)76/h3-45H,1-2H2. The lowest BCUT2D eigenvalue weighted by Gasteiger charge is -2.36. The maximum atomic E-state index is 17.1. The third kappa shape index (κ3) is 7.29. The van der Waals surface area contributed by atoms with Gasteiger partial charge in [-0.15, -0.1) is 0 Å². The van der Waals surface area contributed by atoms with Crippen molar-refractivity contribution in [1.82, 2.24) is 0 Å². The summed E-state index contributed by atoms with van der Waals surface area (Å²) in [5.41, 5.74) is 12.4. The highest BCUT2D eigenvalue weighted by molar-refractivity contribution is 5.93. The first-order valence-electron chi connectivity index (χ1n) is 25.6. The lowest BCUT2D eigenvalue weighted by Crippen LogP contribution is -2.31. The lowest BCUT2D eigenvalue weighted by molar-refractivity contribution is 0.526. The van der Waals surface area contributed by atoms with Crippen LogP contribution < -0.4 is 4.90 Å². The Labute approximate surface area is 445 Å². The molecule has 0 N–H and O–H groups in total. The zero-order valence-corrected chi connectivity index (χ0v) is 41.7. The largest absolute Gasteiger partial charge is 0.310 e. The fourth-order valence-electron chi connectivity index (χ4n) is 12.5. The van der Waals surface area contributed by atoms with Gasteiger partial charge in [-0.3, -0.25) is 0 Å². The van der Waals surface area contributed by atoms with Crippen molar-refractivity contribution in [3.05, 3.63) is 341 Å². The number of anilines is 3. The third-order valence-electron chi connectivity index (χ3n) is 15.8. The number of hydrogen-bond donors (Lipinski definition) is 0. The molecule has 11 aromatic rings. The Balaban J connectivity index is 1.11. The first-order chi connectivity index (χ1) is 37.7. The van der Waals surface area contributed by atoms with E-state index in [1.807, 2.05) is 152 Å². The van der Waals surface area contributed by atoms with E-state index < -0.39 is 34.1 Å². The van der Waals surface area contributed by atoms with Gasteiger partial charge >= 0.3 is 0 Å². The quantitative estimate of drug-likeness (QED) is 0.117. The summed E-state index contributed by atoms with van der Waals surface area (Å²) >= 11 is 0. The number of hydrogen-bond acceptors (Lipinski definition) is 1. The first-order valence-corrected chi connectivity index (χ1v) is 25.6. The van der Waals surface area contributed by atoms with E-state index in [-0.39, 0.29) is 11.1 Å². The molecule has 13 rings (SSSR count). The highest BCUT2D eigenvalue weighted by Crippen LogP contribution is 2.61. The van der Waals surface area contributed by atoms with Crippen LogP contribution in [0.2, 0.25) is 0 Å². The molecule has 0 aromatic heterocycles. The monoisotopic (exact) mass is 1000 g/mol. The highest BCUT2D eigenvalue weighted by Gasteiger charge is 2.51. The van der Waals surface area contributed by atoms with Crippen molar-refractivity contribution in [2.45, 2.75) is 10.8 Å². The molecule has 0 amide bonds. The molecule has 368 valence electrons. The van der Waals surface area contributed by atoms with Crippen LogP contribution in [0.1, 0.15) is 55.6 Å². The van der Waals surface area contributed by atoms with Gasteiger partial charge in [-0.2, -0.15) is 0 Å². The number of nitrogens with zero attached hydrogens (tertiary/aromatic N) is 1. The van der Waals surface area contributed by atoms with Gasteiger partial charge in [-0.25, -0.2) is 17.6 Å². The predicted octanol–water partition coefficient (Wildman–Crippen LogP) is 19.1. The van der Waals surface area contributed by atoms with E-state index in [0.717, 1.165) is 72.4 Å². The Kier molecular flexibility index (Phi) is 11.4. The van der Waals surface area contributed by atoms with Crippen LogP contribution in [-0.2, 0) is 10.8 Å². The van der Waals surface area contributed by atoms with Crippen molar-refractivity contribution in [1.29, 1.82) is 0 Å². The van der Waals surface area contributed by atoms with Crippen LogP contribution in [0.25, 0.3) is 56.7 Å². The molecule has 0 heterocycles. The van der Waals surface area contributed by atoms with Crippen molar-refractivity contribution in [2.75, 3.05) is 4.90 Å². The van der Waals surface area contributed by atoms with Gasteiger partial charge in [0.15, 0.2) is 0 Å². The molecule has 0 saturated heterocycles. The number of halogens is 4. The van der Waals surface area contributed by atoms with Crippen LogP contribution in [0.3, 0.4) is 0 Å². The Morgan fingerprint density at radius 1 is 0.299 bits per heavy atom. The summed E-state index contributed by atoms with van der Waals surface area (Å²) in [5, 5.41) is 0. The summed E-state index contributed by atoms with van der Waals surface area (Å²) in [6, 6.07) is 78.6. The first kappa shape index (κ1) is 47.2.